The van der Waals surface area contributed by atoms with Crippen LogP contribution in [0.1, 0.15) is 42.0 Å². The molecule has 0 bridgehead atoms. The minimum absolute atomic E-state index is 0.0712. The molecule has 0 unspecified atom stereocenters. The Balaban J connectivity index is 1.35. The highest BCUT2D eigenvalue weighted by Crippen LogP contribution is 2.38. The highest BCUT2D eigenvalue weighted by molar-refractivity contribution is 8.26. The molecule has 3 aliphatic rings. The fourth-order valence-corrected chi connectivity index (χ4v) is 7.06. The molecule has 3 aromatic rings. The Morgan fingerprint density at radius 2 is 1.76 bits per heavy atom. The maximum absolute atomic E-state index is 13.8. The van der Waals surface area contributed by atoms with E-state index in [9.17, 15) is 19.2 Å². The minimum Gasteiger partial charge on any atom is -0.454 e. The van der Waals surface area contributed by atoms with E-state index in [0.29, 0.717) is 70.4 Å². The van der Waals surface area contributed by atoms with Crippen molar-refractivity contribution in [3.8, 4) is 17.6 Å². The van der Waals surface area contributed by atoms with E-state index in [-0.39, 0.29) is 36.2 Å². The van der Waals surface area contributed by atoms with Crippen LogP contribution in [-0.4, -0.2) is 52.7 Å². The van der Waals surface area contributed by atoms with E-state index < -0.39 is 0 Å². The fourth-order valence-electron chi connectivity index (χ4n) is 5.83. The van der Waals surface area contributed by atoms with Crippen molar-refractivity contribution in [2.24, 2.45) is 0 Å². The number of fused-ring (bicyclic) bond motifs is 1. The van der Waals surface area contributed by atoms with Crippen LogP contribution < -0.4 is 24.8 Å². The van der Waals surface area contributed by atoms with Crippen LogP contribution >= 0.6 is 24.0 Å². The second-order valence-electron chi connectivity index (χ2n) is 11.1. The molecule has 0 radical (unpaired) electrons. The first kappa shape index (κ1) is 30.7. The normalized spacial score (nSPS) is 17.0. The Morgan fingerprint density at radius 1 is 1.04 bits per heavy atom. The summed E-state index contributed by atoms with van der Waals surface area (Å²) in [6, 6.07) is 14.1. The molecule has 0 N–H and O–H groups in total. The molecule has 232 valence electrons. The Morgan fingerprint density at radius 3 is 2.47 bits per heavy atom. The van der Waals surface area contributed by atoms with E-state index in [2.05, 4.69) is 22.8 Å². The zero-order chi connectivity index (χ0) is 31.7. The van der Waals surface area contributed by atoms with Crippen LogP contribution in [0.5, 0.6) is 11.5 Å². The summed E-state index contributed by atoms with van der Waals surface area (Å²) in [6.07, 6.45) is 3.42. The molecule has 2 aromatic carbocycles. The molecule has 6 rings (SSSR count). The van der Waals surface area contributed by atoms with Gasteiger partial charge in [0.1, 0.15) is 27.6 Å². The van der Waals surface area contributed by atoms with Crippen molar-refractivity contribution in [3.63, 3.8) is 0 Å². The highest BCUT2D eigenvalue weighted by Gasteiger charge is 2.34. The van der Waals surface area contributed by atoms with Crippen molar-refractivity contribution in [2.75, 3.05) is 42.8 Å². The number of thioether (sulfide) groups is 1. The first-order chi connectivity index (χ1) is 21.8. The molecule has 3 aliphatic heterocycles. The number of nitrogens with zero attached hydrogens (tertiary/aromatic N) is 5. The number of aromatic nitrogens is 1. The Hall–Kier alpha value is -4.34. The predicted molar refractivity (Wildman–Crippen MR) is 177 cm³/mol. The second-order valence-corrected chi connectivity index (χ2v) is 12.7. The summed E-state index contributed by atoms with van der Waals surface area (Å²) < 4.78 is 26.6. The molecule has 12 heteroatoms. The number of rotatable bonds is 8. The number of ether oxygens (including phenoxy) is 2. The number of piperazine rings is 1. The average molecular weight is 646 g/mol. The molecule has 1 amide bonds. The van der Waals surface area contributed by atoms with Crippen molar-refractivity contribution in [1.29, 1.82) is 5.26 Å². The number of thiocarbonyl (C=S) groups is 1. The highest BCUT2D eigenvalue weighted by atomic mass is 32.2. The van der Waals surface area contributed by atoms with Crippen LogP contribution in [-0.2, 0) is 17.9 Å². The van der Waals surface area contributed by atoms with Crippen molar-refractivity contribution in [1.82, 2.24) is 9.47 Å². The summed E-state index contributed by atoms with van der Waals surface area (Å²) in [5.41, 5.74) is 2.73. The number of benzene rings is 2. The third-order valence-corrected chi connectivity index (χ3v) is 9.66. The number of unbranched alkanes of at least 4 members (excludes halogenated alkanes) is 1. The van der Waals surface area contributed by atoms with Crippen LogP contribution in [0.4, 0.5) is 15.9 Å². The molecular formula is C33H32FN5O4S2. The zero-order valence-electron chi connectivity index (χ0n) is 25.0. The van der Waals surface area contributed by atoms with E-state index in [0.717, 1.165) is 24.1 Å². The van der Waals surface area contributed by atoms with E-state index in [4.69, 9.17) is 21.7 Å². The van der Waals surface area contributed by atoms with Gasteiger partial charge in [-0.1, -0.05) is 43.4 Å². The zero-order valence-corrected chi connectivity index (χ0v) is 26.7. The maximum Gasteiger partial charge on any atom is 0.270 e. The van der Waals surface area contributed by atoms with Gasteiger partial charge in [-0.3, -0.25) is 19.1 Å². The first-order valence-corrected chi connectivity index (χ1v) is 16.1. The van der Waals surface area contributed by atoms with Crippen LogP contribution in [0.15, 0.2) is 52.2 Å². The molecule has 45 heavy (non-hydrogen) atoms. The van der Waals surface area contributed by atoms with E-state index in [1.807, 2.05) is 18.2 Å². The lowest BCUT2D eigenvalue weighted by molar-refractivity contribution is -0.122. The van der Waals surface area contributed by atoms with Gasteiger partial charge >= 0.3 is 0 Å². The van der Waals surface area contributed by atoms with Gasteiger partial charge in [0, 0.05) is 44.0 Å². The summed E-state index contributed by atoms with van der Waals surface area (Å²) in [4.78, 5) is 33.8. The van der Waals surface area contributed by atoms with Gasteiger partial charge in [0.2, 0.25) is 6.79 Å². The molecule has 1 aromatic heterocycles. The van der Waals surface area contributed by atoms with Gasteiger partial charge in [-0.25, -0.2) is 4.39 Å². The standard InChI is InChI=1S/C33H32FN5O4S2/c1-3-4-11-38-30(37-14-12-36(13-15-37)24-8-6-23(34)7-9-24)25(21(2)26(18-35)31(38)40)17-29-32(41)39(33(44)45-29)19-22-5-10-27-28(16-22)43-20-42-27/h5-10,16-17H,3-4,11-15,19-20H2,1-2H3/b29-17-. The monoisotopic (exact) mass is 645 g/mol. The Bertz CT molecular complexity index is 1790. The first-order valence-electron chi connectivity index (χ1n) is 14.9. The lowest BCUT2D eigenvalue weighted by atomic mass is 10.0. The van der Waals surface area contributed by atoms with Gasteiger partial charge in [-0.05, 0) is 66.9 Å². The third-order valence-electron chi connectivity index (χ3n) is 8.28. The van der Waals surface area contributed by atoms with Crippen molar-refractivity contribution in [3.05, 3.63) is 85.8 Å². The van der Waals surface area contributed by atoms with Gasteiger partial charge in [-0.2, -0.15) is 5.26 Å². The number of hydrogen-bond donors (Lipinski definition) is 0. The molecule has 0 spiro atoms. The number of pyridine rings is 1. The number of carbonyl (C=O) groups is 1. The molecule has 0 saturated carbocycles. The molecule has 2 fully saturated rings. The molecule has 9 nitrogen and oxygen atoms in total. The maximum atomic E-state index is 13.8. The predicted octanol–water partition coefficient (Wildman–Crippen LogP) is 5.42. The van der Waals surface area contributed by atoms with Crippen LogP contribution in [0.25, 0.3) is 6.08 Å². The SMILES string of the molecule is CCCCn1c(N2CCN(c3ccc(F)cc3)CC2)c(/C=C2\SC(=S)N(Cc3ccc4c(c3)OCO4)C2=O)c(C)c(C#N)c1=O. The number of nitriles is 1. The number of halogens is 1. The van der Waals surface area contributed by atoms with E-state index in [1.54, 1.807) is 34.6 Å². The molecule has 2 saturated heterocycles. The lowest BCUT2D eigenvalue weighted by Crippen LogP contribution is -2.48. The summed E-state index contributed by atoms with van der Waals surface area (Å²) >= 11 is 6.86. The van der Waals surface area contributed by atoms with E-state index in [1.165, 1.54) is 23.9 Å². The quantitative estimate of drug-likeness (QED) is 0.235. The number of hydrogen-bond acceptors (Lipinski definition) is 9. The van der Waals surface area contributed by atoms with Gasteiger partial charge in [0.15, 0.2) is 11.5 Å². The number of anilines is 2. The Labute approximate surface area is 270 Å². The fraction of sp³-hybridized carbons (Fsp3) is 0.333. The molecule has 0 aliphatic carbocycles. The van der Waals surface area contributed by atoms with Crippen molar-refractivity contribution in [2.45, 2.75) is 39.8 Å². The number of amides is 1. The van der Waals surface area contributed by atoms with Gasteiger partial charge in [0.05, 0.1) is 11.4 Å². The summed E-state index contributed by atoms with van der Waals surface area (Å²) in [7, 11) is 0. The molecular weight excluding hydrogens is 614 g/mol. The molecule has 4 heterocycles. The topological polar surface area (TPSA) is 91.0 Å². The second kappa shape index (κ2) is 12.9. The third kappa shape index (κ3) is 6.02. The van der Waals surface area contributed by atoms with Gasteiger partial charge in [-0.15, -0.1) is 0 Å². The van der Waals surface area contributed by atoms with Gasteiger partial charge in [0.25, 0.3) is 11.5 Å². The molecule has 0 atom stereocenters. The largest absolute Gasteiger partial charge is 0.454 e. The Kier molecular flexibility index (Phi) is 8.83. The average Bonchev–Trinajstić information content (AvgIpc) is 3.62. The van der Waals surface area contributed by atoms with Crippen LogP contribution in [0.2, 0.25) is 0 Å². The van der Waals surface area contributed by atoms with Crippen molar-refractivity contribution < 1.29 is 18.7 Å². The van der Waals surface area contributed by atoms with Crippen LogP contribution in [0.3, 0.4) is 0 Å². The van der Waals surface area contributed by atoms with Crippen molar-refractivity contribution >= 4 is 51.8 Å². The van der Waals surface area contributed by atoms with E-state index >= 15 is 0 Å². The summed E-state index contributed by atoms with van der Waals surface area (Å²) in [6.45, 7) is 7.21. The van der Waals surface area contributed by atoms with Gasteiger partial charge < -0.3 is 19.3 Å². The summed E-state index contributed by atoms with van der Waals surface area (Å²) in [5.74, 6) is 1.48. The lowest BCUT2D eigenvalue weighted by Gasteiger charge is -2.39. The number of carbonyl (C=O) groups excluding carboxylic acids is 1. The van der Waals surface area contributed by atoms with Crippen LogP contribution in [0, 0.1) is 24.1 Å². The summed E-state index contributed by atoms with van der Waals surface area (Å²) in [5, 5.41) is 10.0. The minimum atomic E-state index is -0.327. The smallest absolute Gasteiger partial charge is 0.270 e.